The van der Waals surface area contributed by atoms with E-state index in [0.717, 1.165) is 37.6 Å². The number of para-hydroxylation sites is 1. The monoisotopic (exact) mass is 293 g/mol. The average Bonchev–Trinajstić information content (AvgIpc) is 2.47. The van der Waals surface area contributed by atoms with Crippen molar-refractivity contribution < 1.29 is 14.6 Å². The second-order valence-electron chi connectivity index (χ2n) is 6.36. The molecule has 1 aliphatic heterocycles. The van der Waals surface area contributed by atoms with Gasteiger partial charge in [0.1, 0.15) is 11.9 Å². The predicted octanol–water partition coefficient (Wildman–Crippen LogP) is 2.62. The fourth-order valence-electron chi connectivity index (χ4n) is 2.76. The van der Waals surface area contributed by atoms with Gasteiger partial charge in [0.15, 0.2) is 0 Å². The van der Waals surface area contributed by atoms with Gasteiger partial charge in [-0.3, -0.25) is 4.90 Å². The number of aliphatic hydroxyl groups excluding tert-OH is 1. The summed E-state index contributed by atoms with van der Waals surface area (Å²) in [6.45, 7) is 11.3. The topological polar surface area (TPSA) is 41.9 Å². The smallest absolute Gasteiger partial charge is 0.125 e. The molecule has 0 spiro atoms. The highest BCUT2D eigenvalue weighted by molar-refractivity contribution is 5.37. The standard InChI is InChI=1S/C17H27NO3/c1-13(2)21-15-8-6-5-7-14(15)16(19)17(3,4)18-9-11-20-12-10-18/h5-8,13,16,19H,9-12H2,1-4H3. The van der Waals surface area contributed by atoms with Crippen LogP contribution in [0.1, 0.15) is 39.4 Å². The van der Waals surface area contributed by atoms with Crippen molar-refractivity contribution in [2.24, 2.45) is 0 Å². The molecule has 1 aromatic carbocycles. The lowest BCUT2D eigenvalue weighted by Crippen LogP contribution is -2.53. The number of hydrogen-bond acceptors (Lipinski definition) is 4. The summed E-state index contributed by atoms with van der Waals surface area (Å²) in [5.41, 5.74) is 0.489. The molecule has 4 nitrogen and oxygen atoms in total. The Hall–Kier alpha value is -1.10. The minimum Gasteiger partial charge on any atom is -0.491 e. The van der Waals surface area contributed by atoms with E-state index >= 15 is 0 Å². The van der Waals surface area contributed by atoms with Gasteiger partial charge in [0, 0.05) is 24.2 Å². The molecule has 1 fully saturated rings. The van der Waals surface area contributed by atoms with Gasteiger partial charge in [0.2, 0.25) is 0 Å². The van der Waals surface area contributed by atoms with Crippen molar-refractivity contribution in [2.45, 2.75) is 45.4 Å². The fraction of sp³-hybridized carbons (Fsp3) is 0.647. The Balaban J connectivity index is 2.23. The van der Waals surface area contributed by atoms with Crippen LogP contribution < -0.4 is 4.74 Å². The minimum absolute atomic E-state index is 0.0878. The third-order valence-corrected chi connectivity index (χ3v) is 4.07. The van der Waals surface area contributed by atoms with E-state index in [1.165, 1.54) is 0 Å². The highest BCUT2D eigenvalue weighted by Crippen LogP contribution is 2.36. The van der Waals surface area contributed by atoms with Gasteiger partial charge in [-0.05, 0) is 33.8 Å². The molecule has 0 radical (unpaired) electrons. The summed E-state index contributed by atoms with van der Waals surface area (Å²) in [7, 11) is 0. The number of aliphatic hydroxyl groups is 1. The molecule has 1 N–H and O–H groups in total. The first kappa shape index (κ1) is 16.3. The van der Waals surface area contributed by atoms with E-state index in [0.29, 0.717) is 0 Å². The SMILES string of the molecule is CC(C)Oc1ccccc1C(O)C(C)(C)N1CCOCC1. The van der Waals surface area contributed by atoms with Crippen molar-refractivity contribution in [3.63, 3.8) is 0 Å². The van der Waals surface area contributed by atoms with Crippen LogP contribution in [0.25, 0.3) is 0 Å². The molecule has 21 heavy (non-hydrogen) atoms. The van der Waals surface area contributed by atoms with Crippen LogP contribution in [-0.4, -0.2) is 48.0 Å². The Kier molecular flexibility index (Phi) is 5.25. The molecule has 0 amide bonds. The summed E-state index contributed by atoms with van der Waals surface area (Å²) in [5.74, 6) is 0.765. The Bertz CT molecular complexity index is 453. The fourth-order valence-corrected chi connectivity index (χ4v) is 2.76. The van der Waals surface area contributed by atoms with Crippen LogP contribution in [0.2, 0.25) is 0 Å². The molecule has 0 saturated carbocycles. The summed E-state index contributed by atoms with van der Waals surface area (Å²) in [4.78, 5) is 2.29. The zero-order chi connectivity index (χ0) is 15.5. The number of morpholine rings is 1. The molecular formula is C17H27NO3. The summed E-state index contributed by atoms with van der Waals surface area (Å²) >= 11 is 0. The van der Waals surface area contributed by atoms with Gasteiger partial charge in [-0.15, -0.1) is 0 Å². The van der Waals surface area contributed by atoms with Crippen molar-refractivity contribution in [2.75, 3.05) is 26.3 Å². The molecule has 1 heterocycles. The second-order valence-corrected chi connectivity index (χ2v) is 6.36. The Morgan fingerprint density at radius 3 is 2.43 bits per heavy atom. The summed E-state index contributed by atoms with van der Waals surface area (Å²) < 4.78 is 11.3. The van der Waals surface area contributed by atoms with E-state index < -0.39 is 6.10 Å². The molecule has 4 heteroatoms. The number of rotatable bonds is 5. The normalized spacial score (nSPS) is 18.8. The summed E-state index contributed by atoms with van der Waals surface area (Å²) in [6.07, 6.45) is -0.518. The van der Waals surface area contributed by atoms with E-state index in [2.05, 4.69) is 18.7 Å². The van der Waals surface area contributed by atoms with E-state index in [4.69, 9.17) is 9.47 Å². The quantitative estimate of drug-likeness (QED) is 0.906. The van der Waals surface area contributed by atoms with Crippen molar-refractivity contribution in [3.05, 3.63) is 29.8 Å². The average molecular weight is 293 g/mol. The van der Waals surface area contributed by atoms with Gasteiger partial charge in [0.25, 0.3) is 0 Å². The van der Waals surface area contributed by atoms with Crippen molar-refractivity contribution >= 4 is 0 Å². The minimum atomic E-state index is -0.606. The maximum absolute atomic E-state index is 10.9. The van der Waals surface area contributed by atoms with Crippen LogP contribution in [0.5, 0.6) is 5.75 Å². The van der Waals surface area contributed by atoms with Gasteiger partial charge in [0.05, 0.1) is 19.3 Å². The maximum atomic E-state index is 10.9. The third kappa shape index (κ3) is 3.76. The number of ether oxygens (including phenoxy) is 2. The lowest BCUT2D eigenvalue weighted by atomic mass is 9.88. The first-order valence-electron chi connectivity index (χ1n) is 7.69. The number of benzene rings is 1. The second kappa shape index (κ2) is 6.77. The van der Waals surface area contributed by atoms with Gasteiger partial charge < -0.3 is 14.6 Å². The molecular weight excluding hydrogens is 266 g/mol. The van der Waals surface area contributed by atoms with Crippen LogP contribution in [0.15, 0.2) is 24.3 Å². The lowest BCUT2D eigenvalue weighted by molar-refractivity contribution is -0.0637. The number of nitrogens with zero attached hydrogens (tertiary/aromatic N) is 1. The lowest BCUT2D eigenvalue weighted by Gasteiger charge is -2.44. The van der Waals surface area contributed by atoms with E-state index in [1.54, 1.807) is 0 Å². The van der Waals surface area contributed by atoms with Gasteiger partial charge >= 0.3 is 0 Å². The van der Waals surface area contributed by atoms with Crippen molar-refractivity contribution in [3.8, 4) is 5.75 Å². The van der Waals surface area contributed by atoms with Crippen LogP contribution in [0.4, 0.5) is 0 Å². The zero-order valence-electron chi connectivity index (χ0n) is 13.5. The zero-order valence-corrected chi connectivity index (χ0v) is 13.5. The molecule has 1 unspecified atom stereocenters. The van der Waals surface area contributed by atoms with Crippen LogP contribution in [0.3, 0.4) is 0 Å². The highest BCUT2D eigenvalue weighted by Gasteiger charge is 2.37. The molecule has 0 aliphatic carbocycles. The Labute approximate surface area is 127 Å². The third-order valence-electron chi connectivity index (χ3n) is 4.07. The van der Waals surface area contributed by atoms with E-state index in [-0.39, 0.29) is 11.6 Å². The Morgan fingerprint density at radius 1 is 1.19 bits per heavy atom. The summed E-state index contributed by atoms with van der Waals surface area (Å²) in [6, 6.07) is 7.76. The molecule has 1 atom stereocenters. The number of hydrogen-bond donors (Lipinski definition) is 1. The maximum Gasteiger partial charge on any atom is 0.125 e. The first-order chi connectivity index (χ1) is 9.93. The van der Waals surface area contributed by atoms with E-state index in [9.17, 15) is 5.11 Å². The van der Waals surface area contributed by atoms with E-state index in [1.807, 2.05) is 38.1 Å². The first-order valence-corrected chi connectivity index (χ1v) is 7.69. The van der Waals surface area contributed by atoms with Gasteiger partial charge in [-0.25, -0.2) is 0 Å². The van der Waals surface area contributed by atoms with Crippen LogP contribution >= 0.6 is 0 Å². The molecule has 2 rings (SSSR count). The van der Waals surface area contributed by atoms with Gasteiger partial charge in [-0.2, -0.15) is 0 Å². The molecule has 1 aliphatic rings. The molecule has 118 valence electrons. The molecule has 1 aromatic rings. The van der Waals surface area contributed by atoms with Crippen LogP contribution in [0, 0.1) is 0 Å². The largest absolute Gasteiger partial charge is 0.491 e. The predicted molar refractivity (Wildman–Crippen MR) is 83.6 cm³/mol. The molecule has 0 bridgehead atoms. The molecule has 0 aromatic heterocycles. The van der Waals surface area contributed by atoms with Crippen LogP contribution in [-0.2, 0) is 4.74 Å². The highest BCUT2D eigenvalue weighted by atomic mass is 16.5. The molecule has 1 saturated heterocycles. The van der Waals surface area contributed by atoms with Crippen molar-refractivity contribution in [1.29, 1.82) is 0 Å². The summed E-state index contributed by atoms with van der Waals surface area (Å²) in [5, 5.41) is 10.9. The van der Waals surface area contributed by atoms with Gasteiger partial charge in [-0.1, -0.05) is 18.2 Å². The Morgan fingerprint density at radius 2 is 1.81 bits per heavy atom. The van der Waals surface area contributed by atoms with Crippen molar-refractivity contribution in [1.82, 2.24) is 4.90 Å².